The summed E-state index contributed by atoms with van der Waals surface area (Å²) in [5.74, 6) is -1.44. The van der Waals surface area contributed by atoms with Gasteiger partial charge in [-0.25, -0.2) is 5.43 Å². The van der Waals surface area contributed by atoms with Crippen molar-refractivity contribution >= 4 is 41.2 Å². The largest absolute Gasteiger partial charge is 0.484 e. The van der Waals surface area contributed by atoms with Crippen molar-refractivity contribution in [2.75, 3.05) is 25.1 Å². The Morgan fingerprint density at radius 1 is 1.09 bits per heavy atom. The first-order valence-electron chi connectivity index (χ1n) is 10.0. The molecule has 0 radical (unpaired) electrons. The Bertz CT molecular complexity index is 957. The fourth-order valence-electron chi connectivity index (χ4n) is 2.84. The van der Waals surface area contributed by atoms with Crippen LogP contribution in [-0.2, 0) is 19.1 Å². The van der Waals surface area contributed by atoms with Crippen LogP contribution in [0.3, 0.4) is 0 Å². The van der Waals surface area contributed by atoms with Gasteiger partial charge in [0.2, 0.25) is 0 Å². The summed E-state index contributed by atoms with van der Waals surface area (Å²) in [4.78, 5) is 35.4. The van der Waals surface area contributed by atoms with Crippen LogP contribution in [-0.4, -0.2) is 49.8 Å². The molecule has 1 fully saturated rings. The average Bonchev–Trinajstić information content (AvgIpc) is 3.32. The highest BCUT2D eigenvalue weighted by Gasteiger charge is 2.18. The number of nitrogens with one attached hydrogen (secondary N) is 3. The number of nitrogens with zero attached hydrogens (tertiary/aromatic N) is 1. The third-order valence-electron chi connectivity index (χ3n) is 4.48. The van der Waals surface area contributed by atoms with Gasteiger partial charge in [0.15, 0.2) is 6.61 Å². The number of ether oxygens (including phenoxy) is 2. The number of hydrazone groups is 1. The summed E-state index contributed by atoms with van der Waals surface area (Å²) in [7, 11) is 0. The van der Waals surface area contributed by atoms with Crippen LogP contribution in [0.5, 0.6) is 5.75 Å². The van der Waals surface area contributed by atoms with Gasteiger partial charge >= 0.3 is 11.8 Å². The molecule has 168 valence electrons. The van der Waals surface area contributed by atoms with Crippen LogP contribution < -0.4 is 20.8 Å². The lowest BCUT2D eigenvalue weighted by Crippen LogP contribution is -2.41. The van der Waals surface area contributed by atoms with E-state index in [1.807, 2.05) is 0 Å². The minimum atomic E-state index is -0.856. The summed E-state index contributed by atoms with van der Waals surface area (Å²) in [5, 5.41) is 9.57. The molecule has 0 saturated carbocycles. The van der Waals surface area contributed by atoms with E-state index >= 15 is 0 Å². The van der Waals surface area contributed by atoms with Crippen LogP contribution >= 0.6 is 11.6 Å². The lowest BCUT2D eigenvalue weighted by atomic mass is 10.2. The normalized spacial score (nSPS) is 15.3. The molecule has 1 aliphatic heterocycles. The Hall–Kier alpha value is -3.43. The smallest absolute Gasteiger partial charge is 0.329 e. The molecule has 0 spiro atoms. The Kier molecular flexibility index (Phi) is 8.59. The monoisotopic (exact) mass is 458 g/mol. The first-order valence-corrected chi connectivity index (χ1v) is 10.4. The number of anilines is 1. The van der Waals surface area contributed by atoms with E-state index in [9.17, 15) is 14.4 Å². The average molecular weight is 459 g/mol. The summed E-state index contributed by atoms with van der Waals surface area (Å²) in [6, 6.07) is 13.5. The zero-order valence-electron chi connectivity index (χ0n) is 17.2. The molecule has 3 N–H and O–H groups in total. The van der Waals surface area contributed by atoms with Gasteiger partial charge in [0.1, 0.15) is 5.75 Å². The van der Waals surface area contributed by atoms with Crippen molar-refractivity contribution in [1.82, 2.24) is 10.7 Å². The fraction of sp³-hybridized carbons (Fsp3) is 0.273. The topological polar surface area (TPSA) is 118 Å². The molecule has 1 aliphatic rings. The van der Waals surface area contributed by atoms with E-state index < -0.39 is 11.8 Å². The number of carbonyl (C=O) groups is 3. The van der Waals surface area contributed by atoms with Gasteiger partial charge in [0.05, 0.1) is 12.3 Å². The van der Waals surface area contributed by atoms with Crippen LogP contribution in [0.1, 0.15) is 18.4 Å². The van der Waals surface area contributed by atoms with Gasteiger partial charge in [0, 0.05) is 23.9 Å². The molecule has 1 atom stereocenters. The molecule has 0 bridgehead atoms. The summed E-state index contributed by atoms with van der Waals surface area (Å²) in [5.41, 5.74) is 3.46. The van der Waals surface area contributed by atoms with Crippen LogP contribution in [0, 0.1) is 0 Å². The molecule has 3 amide bonds. The number of rotatable bonds is 8. The van der Waals surface area contributed by atoms with Gasteiger partial charge in [-0.15, -0.1) is 0 Å². The Morgan fingerprint density at radius 2 is 1.84 bits per heavy atom. The van der Waals surface area contributed by atoms with Crippen molar-refractivity contribution in [2.45, 2.75) is 18.9 Å². The molecule has 1 heterocycles. The molecule has 0 aromatic heterocycles. The van der Waals surface area contributed by atoms with E-state index in [1.165, 1.54) is 6.21 Å². The van der Waals surface area contributed by atoms with Crippen molar-refractivity contribution in [3.63, 3.8) is 0 Å². The van der Waals surface area contributed by atoms with E-state index in [2.05, 4.69) is 21.2 Å². The minimum Gasteiger partial charge on any atom is -0.484 e. The second-order valence-corrected chi connectivity index (χ2v) is 7.39. The lowest BCUT2D eigenvalue weighted by Gasteiger charge is -2.09. The van der Waals surface area contributed by atoms with Crippen molar-refractivity contribution in [3.8, 4) is 5.75 Å². The molecule has 2 aromatic rings. The van der Waals surface area contributed by atoms with Crippen molar-refractivity contribution in [2.24, 2.45) is 5.10 Å². The quantitative estimate of drug-likeness (QED) is 0.318. The second kappa shape index (κ2) is 11.8. The molecule has 32 heavy (non-hydrogen) atoms. The number of hydrogen-bond acceptors (Lipinski definition) is 6. The highest BCUT2D eigenvalue weighted by Crippen LogP contribution is 2.14. The summed E-state index contributed by atoms with van der Waals surface area (Å²) >= 11 is 5.81. The first kappa shape index (κ1) is 23.2. The predicted molar refractivity (Wildman–Crippen MR) is 120 cm³/mol. The van der Waals surface area contributed by atoms with Gasteiger partial charge in [0.25, 0.3) is 5.91 Å². The van der Waals surface area contributed by atoms with Gasteiger partial charge in [-0.2, -0.15) is 5.10 Å². The molecule has 0 aliphatic carbocycles. The number of hydrogen-bond donors (Lipinski definition) is 3. The number of carbonyl (C=O) groups excluding carboxylic acids is 3. The Balaban J connectivity index is 1.37. The number of benzene rings is 2. The highest BCUT2D eigenvalue weighted by molar-refractivity contribution is 6.35. The third kappa shape index (κ3) is 7.68. The maximum atomic E-state index is 11.9. The molecule has 2 aromatic carbocycles. The lowest BCUT2D eigenvalue weighted by molar-refractivity contribution is -0.139. The van der Waals surface area contributed by atoms with Crippen LogP contribution in [0.4, 0.5) is 5.69 Å². The molecule has 1 saturated heterocycles. The standard InChI is InChI=1S/C22H23ClN4O5/c23-16-5-7-17(8-6-16)26-20(28)14-32-18-9-3-15(4-10-18)12-25-27-22(30)21(29)24-13-19-2-1-11-31-19/h3-10,12,19H,1-2,11,13-14H2,(H,24,29)(H,26,28)(H,27,30)/b25-12-/t19-/m0/s1. The highest BCUT2D eigenvalue weighted by atomic mass is 35.5. The summed E-state index contributed by atoms with van der Waals surface area (Å²) < 4.78 is 10.8. The Labute approximate surface area is 190 Å². The van der Waals surface area contributed by atoms with E-state index in [-0.39, 0.29) is 18.6 Å². The maximum absolute atomic E-state index is 11.9. The van der Waals surface area contributed by atoms with Crippen LogP contribution in [0.15, 0.2) is 53.6 Å². The molecule has 9 nitrogen and oxygen atoms in total. The summed E-state index contributed by atoms with van der Waals surface area (Å²) in [6.45, 7) is 0.819. The van der Waals surface area contributed by atoms with E-state index in [0.29, 0.717) is 35.2 Å². The van der Waals surface area contributed by atoms with Gasteiger partial charge in [-0.05, 0) is 66.9 Å². The van der Waals surface area contributed by atoms with Gasteiger partial charge in [-0.1, -0.05) is 11.6 Å². The molecular weight excluding hydrogens is 436 g/mol. The number of halogens is 1. The van der Waals surface area contributed by atoms with E-state index in [1.54, 1.807) is 48.5 Å². The molecule has 10 heteroatoms. The van der Waals surface area contributed by atoms with Crippen molar-refractivity contribution < 1.29 is 23.9 Å². The molecular formula is C22H23ClN4O5. The Morgan fingerprint density at radius 3 is 2.53 bits per heavy atom. The zero-order chi connectivity index (χ0) is 22.8. The maximum Gasteiger partial charge on any atom is 0.329 e. The van der Waals surface area contributed by atoms with Crippen molar-refractivity contribution in [3.05, 3.63) is 59.1 Å². The first-order chi connectivity index (χ1) is 15.5. The van der Waals surface area contributed by atoms with E-state index in [4.69, 9.17) is 21.1 Å². The minimum absolute atomic E-state index is 0.0421. The van der Waals surface area contributed by atoms with E-state index in [0.717, 1.165) is 12.8 Å². The molecule has 0 unspecified atom stereocenters. The SMILES string of the molecule is O=C(COc1ccc(/C=N\NC(=O)C(=O)NC[C@@H]2CCCO2)cc1)Nc1ccc(Cl)cc1. The van der Waals surface area contributed by atoms with Gasteiger partial charge < -0.3 is 20.1 Å². The summed E-state index contributed by atoms with van der Waals surface area (Å²) in [6.07, 6.45) is 3.17. The zero-order valence-corrected chi connectivity index (χ0v) is 17.9. The fourth-order valence-corrected chi connectivity index (χ4v) is 2.96. The third-order valence-corrected chi connectivity index (χ3v) is 4.73. The van der Waals surface area contributed by atoms with Crippen LogP contribution in [0.2, 0.25) is 5.02 Å². The molecule has 3 rings (SSSR count). The van der Waals surface area contributed by atoms with Crippen molar-refractivity contribution in [1.29, 1.82) is 0 Å². The second-order valence-electron chi connectivity index (χ2n) is 6.96. The predicted octanol–water partition coefficient (Wildman–Crippen LogP) is 2.10. The number of amides is 3. The van der Waals surface area contributed by atoms with Crippen LogP contribution in [0.25, 0.3) is 0 Å². The van der Waals surface area contributed by atoms with Gasteiger partial charge in [-0.3, -0.25) is 14.4 Å².